The van der Waals surface area contributed by atoms with Crippen LogP contribution in [0, 0.1) is 11.8 Å². The van der Waals surface area contributed by atoms with Gasteiger partial charge in [-0.3, -0.25) is 0 Å². The zero-order valence-electron chi connectivity index (χ0n) is 13.8. The smallest absolute Gasteiger partial charge is 0.0540 e. The van der Waals surface area contributed by atoms with Crippen LogP contribution in [0.1, 0.15) is 64.7 Å². The monoisotopic (exact) mass is 294 g/mol. The summed E-state index contributed by atoms with van der Waals surface area (Å²) in [5.74, 6) is 1.67. The number of aliphatic hydroxyl groups is 1. The summed E-state index contributed by atoms with van der Waals surface area (Å²) in [6, 6.07) is 1.43. The standard InChI is InChI=1S/C18H34N2O/c1-2-18(21)10-15-9-17(19-16-5-3-4-6-16)13-20(12-15)11-14-7-8-14/h14-19,21H,2-13H2,1H3. The normalized spacial score (nSPS) is 33.4. The first kappa shape index (κ1) is 15.8. The Morgan fingerprint density at radius 1 is 1.05 bits per heavy atom. The summed E-state index contributed by atoms with van der Waals surface area (Å²) in [5.41, 5.74) is 0. The van der Waals surface area contributed by atoms with Crippen molar-refractivity contribution in [1.82, 2.24) is 10.2 Å². The molecule has 0 aromatic carbocycles. The van der Waals surface area contributed by atoms with Crippen molar-refractivity contribution in [1.29, 1.82) is 0 Å². The lowest BCUT2D eigenvalue weighted by atomic mass is 9.88. The fraction of sp³-hybridized carbons (Fsp3) is 1.00. The Morgan fingerprint density at radius 3 is 2.48 bits per heavy atom. The molecule has 3 aliphatic rings. The fourth-order valence-corrected chi connectivity index (χ4v) is 4.39. The number of likely N-dealkylation sites (tertiary alicyclic amines) is 1. The second kappa shape index (κ2) is 7.43. The summed E-state index contributed by atoms with van der Waals surface area (Å²) in [6.45, 7) is 5.87. The molecular formula is C18H34N2O. The summed E-state index contributed by atoms with van der Waals surface area (Å²) in [5, 5.41) is 14.0. The maximum absolute atomic E-state index is 10.0. The van der Waals surface area contributed by atoms with Crippen molar-refractivity contribution < 1.29 is 5.11 Å². The van der Waals surface area contributed by atoms with Crippen LogP contribution in [-0.4, -0.2) is 47.8 Å². The van der Waals surface area contributed by atoms with Crippen molar-refractivity contribution in [2.24, 2.45) is 11.8 Å². The molecule has 0 bridgehead atoms. The molecule has 0 amide bonds. The van der Waals surface area contributed by atoms with Gasteiger partial charge >= 0.3 is 0 Å². The van der Waals surface area contributed by atoms with E-state index in [1.165, 1.54) is 64.6 Å². The number of aliphatic hydroxyl groups excluding tert-OH is 1. The lowest BCUT2D eigenvalue weighted by Gasteiger charge is -2.40. The molecule has 3 heteroatoms. The second-order valence-corrected chi connectivity index (χ2v) is 7.91. The first-order valence-corrected chi connectivity index (χ1v) is 9.39. The van der Waals surface area contributed by atoms with Gasteiger partial charge in [0.25, 0.3) is 0 Å². The van der Waals surface area contributed by atoms with Crippen LogP contribution < -0.4 is 5.32 Å². The van der Waals surface area contributed by atoms with Crippen molar-refractivity contribution in [3.63, 3.8) is 0 Å². The molecule has 0 aromatic rings. The highest BCUT2D eigenvalue weighted by atomic mass is 16.3. The van der Waals surface area contributed by atoms with Crippen LogP contribution in [0.4, 0.5) is 0 Å². The van der Waals surface area contributed by atoms with E-state index < -0.39 is 0 Å². The molecule has 0 radical (unpaired) electrons. The molecule has 122 valence electrons. The molecule has 3 unspecified atom stereocenters. The SMILES string of the molecule is CCC(O)CC1CC(NC2CCCC2)CN(CC2CC2)C1. The van der Waals surface area contributed by atoms with E-state index in [9.17, 15) is 5.11 Å². The number of piperidine rings is 1. The quantitative estimate of drug-likeness (QED) is 0.758. The Bertz CT molecular complexity index is 312. The Kier molecular flexibility index (Phi) is 5.58. The maximum atomic E-state index is 10.0. The first-order chi connectivity index (χ1) is 10.2. The van der Waals surface area contributed by atoms with Crippen molar-refractivity contribution >= 4 is 0 Å². The average molecular weight is 294 g/mol. The number of hydrogen-bond donors (Lipinski definition) is 2. The molecule has 2 saturated carbocycles. The van der Waals surface area contributed by atoms with Gasteiger partial charge in [0.15, 0.2) is 0 Å². The van der Waals surface area contributed by atoms with Crippen molar-refractivity contribution in [2.75, 3.05) is 19.6 Å². The van der Waals surface area contributed by atoms with Crippen LogP contribution in [0.5, 0.6) is 0 Å². The first-order valence-electron chi connectivity index (χ1n) is 9.39. The molecule has 1 saturated heterocycles. The summed E-state index contributed by atoms with van der Waals surface area (Å²) in [7, 11) is 0. The van der Waals surface area contributed by atoms with Gasteiger partial charge < -0.3 is 15.3 Å². The highest BCUT2D eigenvalue weighted by molar-refractivity contribution is 4.89. The fourth-order valence-electron chi connectivity index (χ4n) is 4.39. The highest BCUT2D eigenvalue weighted by Crippen LogP contribution is 2.32. The molecule has 2 N–H and O–H groups in total. The molecule has 0 aromatic heterocycles. The van der Waals surface area contributed by atoms with Crippen LogP contribution in [0.15, 0.2) is 0 Å². The van der Waals surface area contributed by atoms with Crippen molar-refractivity contribution in [3.8, 4) is 0 Å². The number of rotatable bonds is 7. The largest absolute Gasteiger partial charge is 0.393 e. The molecular weight excluding hydrogens is 260 g/mol. The zero-order valence-corrected chi connectivity index (χ0v) is 13.8. The van der Waals surface area contributed by atoms with Gasteiger partial charge in [0.05, 0.1) is 6.10 Å². The Labute approximate surface area is 130 Å². The minimum Gasteiger partial charge on any atom is -0.393 e. The van der Waals surface area contributed by atoms with Crippen LogP contribution in [-0.2, 0) is 0 Å². The van der Waals surface area contributed by atoms with Gasteiger partial charge in [0.2, 0.25) is 0 Å². The van der Waals surface area contributed by atoms with Gasteiger partial charge in [0, 0.05) is 31.7 Å². The maximum Gasteiger partial charge on any atom is 0.0540 e. The van der Waals surface area contributed by atoms with E-state index in [0.29, 0.717) is 12.0 Å². The van der Waals surface area contributed by atoms with E-state index in [1.807, 2.05) is 0 Å². The van der Waals surface area contributed by atoms with E-state index in [1.54, 1.807) is 0 Å². The molecule has 3 fully saturated rings. The third-order valence-electron chi connectivity index (χ3n) is 5.73. The number of nitrogens with one attached hydrogen (secondary N) is 1. The van der Waals surface area contributed by atoms with Crippen LogP contribution >= 0.6 is 0 Å². The molecule has 1 heterocycles. The van der Waals surface area contributed by atoms with Crippen LogP contribution in [0.3, 0.4) is 0 Å². The van der Waals surface area contributed by atoms with E-state index in [0.717, 1.165) is 24.8 Å². The molecule has 2 aliphatic carbocycles. The second-order valence-electron chi connectivity index (χ2n) is 7.91. The summed E-state index contributed by atoms with van der Waals surface area (Å²) in [4.78, 5) is 2.70. The Balaban J connectivity index is 1.53. The van der Waals surface area contributed by atoms with E-state index in [-0.39, 0.29) is 6.10 Å². The third-order valence-corrected chi connectivity index (χ3v) is 5.73. The molecule has 3 atom stereocenters. The third kappa shape index (κ3) is 4.94. The molecule has 1 aliphatic heterocycles. The van der Waals surface area contributed by atoms with E-state index in [4.69, 9.17) is 0 Å². The van der Waals surface area contributed by atoms with E-state index in [2.05, 4.69) is 17.1 Å². The van der Waals surface area contributed by atoms with Crippen molar-refractivity contribution in [3.05, 3.63) is 0 Å². The number of hydrogen-bond acceptors (Lipinski definition) is 3. The lowest BCUT2D eigenvalue weighted by molar-refractivity contribution is 0.0792. The van der Waals surface area contributed by atoms with Gasteiger partial charge in [-0.2, -0.15) is 0 Å². The van der Waals surface area contributed by atoms with Crippen LogP contribution in [0.25, 0.3) is 0 Å². The predicted molar refractivity (Wildman–Crippen MR) is 87.4 cm³/mol. The lowest BCUT2D eigenvalue weighted by Crippen LogP contribution is -2.52. The molecule has 3 rings (SSSR count). The highest BCUT2D eigenvalue weighted by Gasteiger charge is 2.33. The topological polar surface area (TPSA) is 35.5 Å². The minimum absolute atomic E-state index is 0.0944. The zero-order chi connectivity index (χ0) is 14.7. The summed E-state index contributed by atoms with van der Waals surface area (Å²) < 4.78 is 0. The van der Waals surface area contributed by atoms with Gasteiger partial charge in [-0.25, -0.2) is 0 Å². The Hall–Kier alpha value is -0.120. The average Bonchev–Trinajstić information content (AvgIpc) is 3.12. The van der Waals surface area contributed by atoms with Gasteiger partial charge in [-0.05, 0) is 56.8 Å². The van der Waals surface area contributed by atoms with E-state index >= 15 is 0 Å². The van der Waals surface area contributed by atoms with Gasteiger partial charge in [-0.15, -0.1) is 0 Å². The molecule has 0 spiro atoms. The molecule has 3 nitrogen and oxygen atoms in total. The van der Waals surface area contributed by atoms with Gasteiger partial charge in [-0.1, -0.05) is 19.8 Å². The van der Waals surface area contributed by atoms with Crippen LogP contribution in [0.2, 0.25) is 0 Å². The summed E-state index contributed by atoms with van der Waals surface area (Å²) >= 11 is 0. The number of nitrogens with zero attached hydrogens (tertiary/aromatic N) is 1. The Morgan fingerprint density at radius 2 is 1.81 bits per heavy atom. The predicted octanol–water partition coefficient (Wildman–Crippen LogP) is 2.78. The van der Waals surface area contributed by atoms with Crippen molar-refractivity contribution in [2.45, 2.75) is 82.9 Å². The molecule has 21 heavy (non-hydrogen) atoms. The van der Waals surface area contributed by atoms with Gasteiger partial charge in [0.1, 0.15) is 0 Å². The minimum atomic E-state index is -0.0944. The summed E-state index contributed by atoms with van der Waals surface area (Å²) in [6.07, 6.45) is 11.5.